The first-order valence-electron chi connectivity index (χ1n) is 7.03. The number of nitrogens with zero attached hydrogens (tertiary/aromatic N) is 1. The van der Waals surface area contributed by atoms with Crippen LogP contribution in [0.3, 0.4) is 0 Å². The largest absolute Gasteiger partial charge is 0.387 e. The Morgan fingerprint density at radius 3 is 2.50 bits per heavy atom. The van der Waals surface area contributed by atoms with Crippen LogP contribution in [0.4, 0.5) is 0 Å². The molecule has 0 bridgehead atoms. The highest BCUT2D eigenvalue weighted by molar-refractivity contribution is 5.76. The second-order valence-electron chi connectivity index (χ2n) is 5.32. The van der Waals surface area contributed by atoms with Gasteiger partial charge in [-0.1, -0.05) is 42.0 Å². The van der Waals surface area contributed by atoms with E-state index in [-0.39, 0.29) is 6.54 Å². The molecule has 22 heavy (non-hydrogen) atoms. The summed E-state index contributed by atoms with van der Waals surface area (Å²) in [6, 6.07) is 14.2. The summed E-state index contributed by atoms with van der Waals surface area (Å²) in [7, 11) is 0. The van der Waals surface area contributed by atoms with Crippen LogP contribution in [0.5, 0.6) is 0 Å². The third-order valence-electron chi connectivity index (χ3n) is 3.71. The highest BCUT2D eigenvalue weighted by Gasteiger charge is 2.13. The van der Waals surface area contributed by atoms with Crippen molar-refractivity contribution in [2.24, 2.45) is 0 Å². The van der Waals surface area contributed by atoms with E-state index in [2.05, 4.69) is 4.98 Å². The zero-order valence-corrected chi connectivity index (χ0v) is 12.1. The second-order valence-corrected chi connectivity index (χ2v) is 5.32. The standard InChI is InChI=1S/C17H16N2O3/c1-11-6-8-12(9-7-11)15(20)10-19-16(21)13-4-2-3-5-14(13)18-17(19)22/h2-9,15,20H,10H2,1H3,(H,18,22)/t15-/m0/s1. The summed E-state index contributed by atoms with van der Waals surface area (Å²) in [4.78, 5) is 27.1. The molecule has 3 aromatic rings. The van der Waals surface area contributed by atoms with Crippen molar-refractivity contribution in [3.05, 3.63) is 80.5 Å². The molecule has 0 saturated carbocycles. The Hall–Kier alpha value is -2.66. The summed E-state index contributed by atoms with van der Waals surface area (Å²) < 4.78 is 1.03. The van der Waals surface area contributed by atoms with Gasteiger partial charge in [0.25, 0.3) is 5.56 Å². The lowest BCUT2D eigenvalue weighted by Gasteiger charge is -2.13. The fraction of sp³-hybridized carbons (Fsp3) is 0.176. The topological polar surface area (TPSA) is 75.1 Å². The van der Waals surface area contributed by atoms with Crippen molar-refractivity contribution in [1.82, 2.24) is 9.55 Å². The molecular weight excluding hydrogens is 280 g/mol. The predicted molar refractivity (Wildman–Crippen MR) is 85.0 cm³/mol. The average Bonchev–Trinajstić information content (AvgIpc) is 2.52. The minimum absolute atomic E-state index is 0.0813. The van der Waals surface area contributed by atoms with Crippen LogP contribution in [0, 0.1) is 6.92 Å². The molecule has 112 valence electrons. The molecule has 1 atom stereocenters. The van der Waals surface area contributed by atoms with E-state index in [4.69, 9.17) is 0 Å². The molecule has 0 saturated heterocycles. The molecule has 0 aliphatic heterocycles. The minimum atomic E-state index is -0.916. The normalized spacial score (nSPS) is 12.5. The summed E-state index contributed by atoms with van der Waals surface area (Å²) >= 11 is 0. The first-order chi connectivity index (χ1) is 10.6. The van der Waals surface area contributed by atoms with Gasteiger partial charge < -0.3 is 10.1 Å². The van der Waals surface area contributed by atoms with Crippen molar-refractivity contribution in [3.63, 3.8) is 0 Å². The quantitative estimate of drug-likeness (QED) is 0.773. The lowest BCUT2D eigenvalue weighted by atomic mass is 10.1. The summed E-state index contributed by atoms with van der Waals surface area (Å²) in [5, 5.41) is 10.7. The second kappa shape index (κ2) is 5.61. The van der Waals surface area contributed by atoms with Crippen molar-refractivity contribution in [3.8, 4) is 0 Å². The van der Waals surface area contributed by atoms with Crippen LogP contribution < -0.4 is 11.2 Å². The van der Waals surface area contributed by atoms with Crippen LogP contribution >= 0.6 is 0 Å². The number of benzene rings is 2. The number of aromatic amines is 1. The third-order valence-corrected chi connectivity index (χ3v) is 3.71. The van der Waals surface area contributed by atoms with Gasteiger partial charge in [0.15, 0.2) is 0 Å². The smallest absolute Gasteiger partial charge is 0.328 e. The van der Waals surface area contributed by atoms with Gasteiger partial charge in [0, 0.05) is 0 Å². The van der Waals surface area contributed by atoms with E-state index in [9.17, 15) is 14.7 Å². The molecule has 2 N–H and O–H groups in total. The highest BCUT2D eigenvalue weighted by atomic mass is 16.3. The maximum Gasteiger partial charge on any atom is 0.328 e. The van der Waals surface area contributed by atoms with Crippen LogP contribution in [0.1, 0.15) is 17.2 Å². The SMILES string of the molecule is Cc1ccc([C@@H](O)Cn2c(=O)[nH]c3ccccc3c2=O)cc1. The number of rotatable bonds is 3. The molecule has 0 aliphatic rings. The summed E-state index contributed by atoms with van der Waals surface area (Å²) in [6.07, 6.45) is -0.916. The van der Waals surface area contributed by atoms with Gasteiger partial charge in [-0.2, -0.15) is 0 Å². The van der Waals surface area contributed by atoms with E-state index >= 15 is 0 Å². The number of aliphatic hydroxyl groups is 1. The highest BCUT2D eigenvalue weighted by Crippen LogP contribution is 2.14. The molecule has 2 aromatic carbocycles. The van der Waals surface area contributed by atoms with Crippen molar-refractivity contribution in [2.75, 3.05) is 0 Å². The summed E-state index contributed by atoms with van der Waals surface area (Å²) in [5.41, 5.74) is 1.33. The van der Waals surface area contributed by atoms with Gasteiger partial charge in [0.2, 0.25) is 0 Å². The van der Waals surface area contributed by atoms with Gasteiger partial charge in [-0.15, -0.1) is 0 Å². The van der Waals surface area contributed by atoms with Crippen LogP contribution in [0.25, 0.3) is 10.9 Å². The van der Waals surface area contributed by atoms with E-state index in [0.29, 0.717) is 16.5 Å². The van der Waals surface area contributed by atoms with Gasteiger partial charge in [-0.05, 0) is 24.6 Å². The van der Waals surface area contributed by atoms with Crippen LogP contribution in [-0.4, -0.2) is 14.7 Å². The van der Waals surface area contributed by atoms with Crippen molar-refractivity contribution in [2.45, 2.75) is 19.6 Å². The summed E-state index contributed by atoms with van der Waals surface area (Å²) in [5.74, 6) is 0. The first kappa shape index (κ1) is 14.3. The number of aromatic nitrogens is 2. The molecule has 5 nitrogen and oxygen atoms in total. The zero-order valence-electron chi connectivity index (χ0n) is 12.1. The molecule has 0 spiro atoms. The van der Waals surface area contributed by atoms with Gasteiger partial charge in [-0.25, -0.2) is 4.79 Å². The maximum absolute atomic E-state index is 12.4. The molecule has 3 rings (SSSR count). The van der Waals surface area contributed by atoms with Gasteiger partial charge in [-0.3, -0.25) is 9.36 Å². The number of fused-ring (bicyclic) bond motifs is 1. The molecule has 5 heteroatoms. The lowest BCUT2D eigenvalue weighted by molar-refractivity contribution is 0.153. The van der Waals surface area contributed by atoms with Crippen LogP contribution in [0.15, 0.2) is 58.1 Å². The predicted octanol–water partition coefficient (Wildman–Crippen LogP) is 1.73. The fourth-order valence-corrected chi connectivity index (χ4v) is 2.43. The number of hydrogen-bond donors (Lipinski definition) is 2. The first-order valence-corrected chi connectivity index (χ1v) is 7.03. The molecular formula is C17H16N2O3. The van der Waals surface area contributed by atoms with Crippen molar-refractivity contribution in [1.29, 1.82) is 0 Å². The summed E-state index contributed by atoms with van der Waals surface area (Å²) in [6.45, 7) is 1.87. The van der Waals surface area contributed by atoms with E-state index in [0.717, 1.165) is 10.1 Å². The van der Waals surface area contributed by atoms with Crippen molar-refractivity contribution < 1.29 is 5.11 Å². The Bertz CT molecular complexity index is 923. The Kier molecular flexibility index (Phi) is 3.65. The maximum atomic E-state index is 12.4. The molecule has 1 aromatic heterocycles. The third kappa shape index (κ3) is 2.58. The lowest BCUT2D eigenvalue weighted by Crippen LogP contribution is -2.36. The Morgan fingerprint density at radius 1 is 1.09 bits per heavy atom. The molecule has 0 radical (unpaired) electrons. The van der Waals surface area contributed by atoms with Gasteiger partial charge >= 0.3 is 5.69 Å². The average molecular weight is 296 g/mol. The van der Waals surface area contributed by atoms with Crippen molar-refractivity contribution >= 4 is 10.9 Å². The fourth-order valence-electron chi connectivity index (χ4n) is 2.43. The van der Waals surface area contributed by atoms with E-state index in [1.54, 1.807) is 36.4 Å². The Balaban J connectivity index is 2.02. The van der Waals surface area contributed by atoms with E-state index in [1.165, 1.54) is 0 Å². The minimum Gasteiger partial charge on any atom is -0.387 e. The Morgan fingerprint density at radius 2 is 1.77 bits per heavy atom. The van der Waals surface area contributed by atoms with Gasteiger partial charge in [0.1, 0.15) is 0 Å². The number of aliphatic hydroxyl groups excluding tert-OH is 1. The number of para-hydroxylation sites is 1. The molecule has 1 heterocycles. The Labute approximate surface area is 126 Å². The number of nitrogens with one attached hydrogen (secondary N) is 1. The molecule has 0 fully saturated rings. The number of aryl methyl sites for hydroxylation is 1. The monoisotopic (exact) mass is 296 g/mol. The number of H-pyrrole nitrogens is 1. The molecule has 0 aliphatic carbocycles. The van der Waals surface area contributed by atoms with Crippen LogP contribution in [-0.2, 0) is 6.54 Å². The zero-order chi connectivity index (χ0) is 15.7. The number of hydrogen-bond acceptors (Lipinski definition) is 3. The van der Waals surface area contributed by atoms with Crippen LogP contribution in [0.2, 0.25) is 0 Å². The molecule has 0 unspecified atom stereocenters. The van der Waals surface area contributed by atoms with Gasteiger partial charge in [0.05, 0.1) is 23.6 Å². The van der Waals surface area contributed by atoms with E-state index < -0.39 is 17.4 Å². The van der Waals surface area contributed by atoms with E-state index in [1.807, 2.05) is 19.1 Å². The molecule has 0 amide bonds.